The molecule has 0 saturated heterocycles. The van der Waals surface area contributed by atoms with Crippen molar-refractivity contribution in [1.29, 1.82) is 0 Å². The predicted molar refractivity (Wildman–Crippen MR) is 54.6 cm³/mol. The van der Waals surface area contributed by atoms with Crippen LogP contribution in [0.3, 0.4) is 0 Å². The number of halogens is 1. The van der Waals surface area contributed by atoms with E-state index in [-0.39, 0.29) is 5.82 Å². The fourth-order valence-electron chi connectivity index (χ4n) is 0.865. The van der Waals surface area contributed by atoms with Crippen molar-refractivity contribution in [2.75, 3.05) is 0 Å². The summed E-state index contributed by atoms with van der Waals surface area (Å²) in [7, 11) is -3.82. The van der Waals surface area contributed by atoms with E-state index in [1.165, 1.54) is 19.3 Å². The Hall–Kier alpha value is -0.760. The molecule has 8 heteroatoms. The molecular weight excluding hydrogens is 242 g/mol. The Morgan fingerprint density at radius 1 is 1.47 bits per heavy atom. The average Bonchev–Trinajstić information content (AvgIpc) is 2.15. The van der Waals surface area contributed by atoms with Gasteiger partial charge in [-0.15, -0.1) is 0 Å². The van der Waals surface area contributed by atoms with Gasteiger partial charge in [0.2, 0.25) is 10.0 Å². The fraction of sp³-hybridized carbons (Fsp3) is 0.429. The van der Waals surface area contributed by atoms with Crippen molar-refractivity contribution in [2.45, 2.75) is 18.3 Å². The van der Waals surface area contributed by atoms with Gasteiger partial charge in [0.1, 0.15) is 11.4 Å². The summed E-state index contributed by atoms with van der Waals surface area (Å²) in [5.74, 6) is -0.0269. The van der Waals surface area contributed by atoms with Gasteiger partial charge in [-0.2, -0.15) is 0 Å². The molecule has 84 valence electrons. The number of rotatable bonds is 3. The number of hydrogen-bond donors (Lipinski definition) is 2. The van der Waals surface area contributed by atoms with Gasteiger partial charge in [-0.05, 0) is 6.92 Å². The summed E-state index contributed by atoms with van der Waals surface area (Å²) >= 11 is 5.54. The Balaban J connectivity index is 2.95. The van der Waals surface area contributed by atoms with Gasteiger partial charge in [-0.1, -0.05) is 11.6 Å². The van der Waals surface area contributed by atoms with E-state index in [4.69, 9.17) is 16.7 Å². The van der Waals surface area contributed by atoms with E-state index in [0.29, 0.717) is 5.02 Å². The van der Waals surface area contributed by atoms with Crippen LogP contribution in [0.5, 0.6) is 0 Å². The van der Waals surface area contributed by atoms with Gasteiger partial charge in [-0.3, -0.25) is 0 Å². The molecule has 6 nitrogen and oxygen atoms in total. The number of nitrogens with zero attached hydrogens (tertiary/aromatic N) is 2. The van der Waals surface area contributed by atoms with E-state index in [1.54, 1.807) is 0 Å². The molecule has 0 fully saturated rings. The maximum atomic E-state index is 10.9. The molecule has 0 saturated carbocycles. The summed E-state index contributed by atoms with van der Waals surface area (Å²) in [6.07, 6.45) is 1.17. The minimum absolute atomic E-state index is 0.0269. The number of aliphatic hydroxyl groups excluding tert-OH is 1. The van der Waals surface area contributed by atoms with Crippen molar-refractivity contribution in [3.05, 3.63) is 23.2 Å². The molecule has 0 bridgehead atoms. The third kappa shape index (κ3) is 3.10. The van der Waals surface area contributed by atoms with Gasteiger partial charge in [0, 0.05) is 12.4 Å². The first-order valence-corrected chi connectivity index (χ1v) is 5.98. The average molecular weight is 252 g/mol. The highest BCUT2D eigenvalue weighted by atomic mass is 35.5. The summed E-state index contributed by atoms with van der Waals surface area (Å²) in [6, 6.07) is 0. The van der Waals surface area contributed by atoms with E-state index in [2.05, 4.69) is 9.97 Å². The minimum atomic E-state index is -3.82. The van der Waals surface area contributed by atoms with Crippen LogP contribution in [0.25, 0.3) is 0 Å². The molecule has 2 atom stereocenters. The summed E-state index contributed by atoms with van der Waals surface area (Å²) in [4.78, 5) is 7.40. The smallest absolute Gasteiger partial charge is 0.214 e. The number of sulfonamides is 1. The first-order valence-electron chi connectivity index (χ1n) is 3.99. The Morgan fingerprint density at radius 3 is 2.33 bits per heavy atom. The zero-order chi connectivity index (χ0) is 11.6. The zero-order valence-electron chi connectivity index (χ0n) is 7.83. The molecule has 1 aromatic rings. The molecule has 0 aliphatic carbocycles. The molecule has 0 aliphatic rings. The van der Waals surface area contributed by atoms with Crippen molar-refractivity contribution in [2.24, 2.45) is 5.14 Å². The Kier molecular flexibility index (Phi) is 3.61. The lowest BCUT2D eigenvalue weighted by Crippen LogP contribution is -2.32. The second-order valence-electron chi connectivity index (χ2n) is 3.00. The van der Waals surface area contributed by atoms with Crippen molar-refractivity contribution in [3.8, 4) is 0 Å². The lowest BCUT2D eigenvalue weighted by Gasteiger charge is -2.14. The van der Waals surface area contributed by atoms with Crippen molar-refractivity contribution < 1.29 is 13.5 Å². The lowest BCUT2D eigenvalue weighted by atomic mass is 10.2. The van der Waals surface area contributed by atoms with Gasteiger partial charge < -0.3 is 5.11 Å². The summed E-state index contributed by atoms with van der Waals surface area (Å²) in [5, 5.41) is 13.6. The van der Waals surface area contributed by atoms with E-state index in [9.17, 15) is 13.5 Å². The largest absolute Gasteiger partial charge is 0.384 e. The molecule has 0 amide bonds. The highest BCUT2D eigenvalue weighted by molar-refractivity contribution is 7.89. The van der Waals surface area contributed by atoms with Gasteiger partial charge in [-0.25, -0.2) is 23.5 Å². The molecule has 1 aromatic heterocycles. The highest BCUT2D eigenvalue weighted by Gasteiger charge is 2.27. The monoisotopic (exact) mass is 251 g/mol. The van der Waals surface area contributed by atoms with Crippen molar-refractivity contribution in [1.82, 2.24) is 9.97 Å². The quantitative estimate of drug-likeness (QED) is 0.776. The first kappa shape index (κ1) is 12.3. The molecule has 0 radical (unpaired) electrons. The van der Waals surface area contributed by atoms with Gasteiger partial charge >= 0.3 is 0 Å². The van der Waals surface area contributed by atoms with E-state index >= 15 is 0 Å². The second kappa shape index (κ2) is 4.40. The molecule has 2 unspecified atom stereocenters. The lowest BCUT2D eigenvalue weighted by molar-refractivity contribution is 0.166. The van der Waals surface area contributed by atoms with Crippen LogP contribution in [-0.4, -0.2) is 28.7 Å². The third-order valence-corrected chi connectivity index (χ3v) is 3.36. The number of aromatic nitrogens is 2. The standard InChI is InChI=1S/C7H10ClN3O3S/c1-4(15(9,13)14)6(12)7-10-2-5(8)3-11-7/h2-4,6,12H,1H3,(H2,9,13,14). The van der Waals surface area contributed by atoms with Crippen LogP contribution in [0.2, 0.25) is 5.02 Å². The summed E-state index contributed by atoms with van der Waals surface area (Å²) in [5.41, 5.74) is 0. The van der Waals surface area contributed by atoms with Crippen LogP contribution >= 0.6 is 11.6 Å². The van der Waals surface area contributed by atoms with Gasteiger partial charge in [0.25, 0.3) is 0 Å². The molecular formula is C7H10ClN3O3S. The Labute approximate surface area is 92.2 Å². The third-order valence-electron chi connectivity index (χ3n) is 1.87. The first-order chi connectivity index (χ1) is 6.82. The molecule has 1 heterocycles. The summed E-state index contributed by atoms with van der Waals surface area (Å²) in [6.45, 7) is 1.28. The second-order valence-corrected chi connectivity index (χ2v) is 5.36. The van der Waals surface area contributed by atoms with Crippen LogP contribution in [-0.2, 0) is 10.0 Å². The molecule has 0 aromatic carbocycles. The van der Waals surface area contributed by atoms with E-state index in [0.717, 1.165) is 0 Å². The maximum absolute atomic E-state index is 10.9. The van der Waals surface area contributed by atoms with Crippen molar-refractivity contribution in [3.63, 3.8) is 0 Å². The molecule has 0 spiro atoms. The molecule has 0 aliphatic heterocycles. The zero-order valence-corrected chi connectivity index (χ0v) is 9.40. The van der Waals surface area contributed by atoms with Gasteiger partial charge in [0.15, 0.2) is 5.82 Å². The van der Waals surface area contributed by atoms with E-state index < -0.39 is 21.4 Å². The fourth-order valence-corrected chi connectivity index (χ4v) is 1.44. The summed E-state index contributed by atoms with van der Waals surface area (Å²) < 4.78 is 21.9. The van der Waals surface area contributed by atoms with Crippen LogP contribution in [0.4, 0.5) is 0 Å². The highest BCUT2D eigenvalue weighted by Crippen LogP contribution is 2.17. The Bertz CT molecular complexity index is 433. The normalized spacial score (nSPS) is 16.0. The minimum Gasteiger partial charge on any atom is -0.384 e. The molecule has 1 rings (SSSR count). The number of nitrogens with two attached hydrogens (primary N) is 1. The predicted octanol–water partition coefficient (Wildman–Crippen LogP) is -0.160. The molecule has 15 heavy (non-hydrogen) atoms. The SMILES string of the molecule is CC(C(O)c1ncc(Cl)cn1)S(N)(=O)=O. The number of aliphatic hydroxyl groups is 1. The van der Waals surface area contributed by atoms with Gasteiger partial charge in [0.05, 0.1) is 5.02 Å². The van der Waals surface area contributed by atoms with E-state index in [1.807, 2.05) is 0 Å². The van der Waals surface area contributed by atoms with Crippen LogP contribution in [0.15, 0.2) is 12.4 Å². The van der Waals surface area contributed by atoms with Crippen LogP contribution in [0.1, 0.15) is 18.9 Å². The number of hydrogen-bond acceptors (Lipinski definition) is 5. The maximum Gasteiger partial charge on any atom is 0.214 e. The van der Waals surface area contributed by atoms with Crippen LogP contribution in [0, 0.1) is 0 Å². The Morgan fingerprint density at radius 2 is 1.93 bits per heavy atom. The number of primary sulfonamides is 1. The van der Waals surface area contributed by atoms with Crippen LogP contribution < -0.4 is 5.14 Å². The van der Waals surface area contributed by atoms with Crippen molar-refractivity contribution >= 4 is 21.6 Å². The molecule has 3 N–H and O–H groups in total. The topological polar surface area (TPSA) is 106 Å².